The van der Waals surface area contributed by atoms with Gasteiger partial charge in [-0.2, -0.15) is 0 Å². The van der Waals surface area contributed by atoms with E-state index in [9.17, 15) is 0 Å². The van der Waals surface area contributed by atoms with Gasteiger partial charge in [-0.1, -0.05) is 80.9 Å². The fraction of sp³-hybridized carbons (Fsp3) is 0.163. The average molecular weight is 800 g/mol. The molecule has 0 N–H and O–H groups in total. The van der Waals surface area contributed by atoms with Gasteiger partial charge in [-0.25, -0.2) is 0 Å². The Morgan fingerprint density at radius 2 is 1.47 bits per heavy atom. The minimum Gasteiger partial charge on any atom is -0.458 e. The second-order valence-electron chi connectivity index (χ2n) is 12.0. The SMILES string of the molecule is [2H]C([2H])([2H])c1ccc(-c2[c-]cccc2)nc1.[2H]C([2H])([2H])c1cnc(-c2[c-]ccc(-c3cc4ccccc4o3)c2)cc1-c1ccc(C(C)(C)C)cc1C([2H])([2H])[2H].[Ir]. The number of hydrogen-bond donors (Lipinski definition) is 0. The molecule has 0 aliphatic carbocycles. The van der Waals surface area contributed by atoms with Crippen LogP contribution in [0.3, 0.4) is 0 Å². The smallest absolute Gasteiger partial charge is 0.134 e. The van der Waals surface area contributed by atoms with Gasteiger partial charge in [0.25, 0.3) is 0 Å². The molecule has 0 bridgehead atoms. The first-order valence-electron chi connectivity index (χ1n) is 19.4. The monoisotopic (exact) mass is 800 g/mol. The van der Waals surface area contributed by atoms with Crippen molar-refractivity contribution in [2.24, 2.45) is 0 Å². The number of nitrogens with zero attached hydrogens (tertiary/aromatic N) is 2. The van der Waals surface area contributed by atoms with Crippen molar-refractivity contribution in [2.45, 2.75) is 46.7 Å². The van der Waals surface area contributed by atoms with E-state index in [-0.39, 0.29) is 42.2 Å². The fourth-order valence-electron chi connectivity index (χ4n) is 5.07. The van der Waals surface area contributed by atoms with Crippen LogP contribution in [0.1, 0.15) is 55.4 Å². The van der Waals surface area contributed by atoms with Gasteiger partial charge in [-0.15, -0.1) is 65.7 Å². The molecule has 0 aliphatic heterocycles. The number of aromatic nitrogens is 2. The van der Waals surface area contributed by atoms with E-state index in [1.165, 1.54) is 12.4 Å². The van der Waals surface area contributed by atoms with Crippen molar-refractivity contribution in [1.82, 2.24) is 9.97 Å². The minimum atomic E-state index is -2.49. The molecule has 0 saturated carbocycles. The molecule has 237 valence electrons. The maximum Gasteiger partial charge on any atom is 0.134 e. The molecule has 3 aromatic heterocycles. The average Bonchev–Trinajstić information content (AvgIpc) is 3.58. The van der Waals surface area contributed by atoms with Crippen LogP contribution < -0.4 is 0 Å². The van der Waals surface area contributed by atoms with Crippen LogP contribution in [0.2, 0.25) is 0 Å². The molecular formula is C43H38IrN2O-2. The molecule has 1 radical (unpaired) electrons. The third-order valence-electron chi connectivity index (χ3n) is 7.62. The summed E-state index contributed by atoms with van der Waals surface area (Å²) in [5.41, 5.74) is 5.91. The molecule has 3 nitrogen and oxygen atoms in total. The molecule has 0 amide bonds. The number of pyridine rings is 2. The topological polar surface area (TPSA) is 38.9 Å². The second kappa shape index (κ2) is 14.4. The van der Waals surface area contributed by atoms with E-state index in [4.69, 9.17) is 16.8 Å². The summed E-state index contributed by atoms with van der Waals surface area (Å²) in [6.45, 7) is -1.00. The summed E-state index contributed by atoms with van der Waals surface area (Å²) < 4.78 is 76.9. The molecule has 4 aromatic carbocycles. The summed E-state index contributed by atoms with van der Waals surface area (Å²) in [6.07, 6.45) is 2.71. The summed E-state index contributed by atoms with van der Waals surface area (Å²) in [7, 11) is 0. The Morgan fingerprint density at radius 1 is 0.660 bits per heavy atom. The van der Waals surface area contributed by atoms with Crippen molar-refractivity contribution in [3.8, 4) is 45.0 Å². The quantitative estimate of drug-likeness (QED) is 0.167. The molecular weight excluding hydrogens is 753 g/mol. The molecule has 7 aromatic rings. The van der Waals surface area contributed by atoms with E-state index in [2.05, 4.69) is 22.1 Å². The van der Waals surface area contributed by atoms with Gasteiger partial charge in [-0.3, -0.25) is 0 Å². The van der Waals surface area contributed by atoms with Crippen LogP contribution in [-0.2, 0) is 25.5 Å². The van der Waals surface area contributed by atoms with Crippen LogP contribution in [0.4, 0.5) is 0 Å². The summed E-state index contributed by atoms with van der Waals surface area (Å²) in [5, 5.41) is 0.986. The molecule has 4 heteroatoms. The van der Waals surface area contributed by atoms with Gasteiger partial charge in [0.1, 0.15) is 11.3 Å². The number of para-hydroxylation sites is 1. The van der Waals surface area contributed by atoms with E-state index in [1.54, 1.807) is 42.5 Å². The van der Waals surface area contributed by atoms with Gasteiger partial charge in [0.2, 0.25) is 0 Å². The van der Waals surface area contributed by atoms with E-state index in [0.717, 1.165) is 33.4 Å². The van der Waals surface area contributed by atoms with Crippen LogP contribution in [0.25, 0.3) is 55.9 Å². The normalized spacial score (nSPS) is 14.7. The molecule has 47 heavy (non-hydrogen) atoms. The summed E-state index contributed by atoms with van der Waals surface area (Å²) >= 11 is 0. The van der Waals surface area contributed by atoms with Crippen molar-refractivity contribution in [2.75, 3.05) is 0 Å². The first-order valence-corrected chi connectivity index (χ1v) is 14.9. The zero-order chi connectivity index (χ0) is 39.8. The molecule has 3 heterocycles. The first kappa shape index (κ1) is 23.7. The first-order chi connectivity index (χ1) is 25.8. The second-order valence-corrected chi connectivity index (χ2v) is 12.0. The van der Waals surface area contributed by atoms with Crippen LogP contribution in [0.5, 0.6) is 0 Å². The fourth-order valence-corrected chi connectivity index (χ4v) is 5.07. The van der Waals surface area contributed by atoms with Gasteiger partial charge in [0.15, 0.2) is 0 Å². The van der Waals surface area contributed by atoms with E-state index in [0.29, 0.717) is 28.1 Å². The van der Waals surface area contributed by atoms with Gasteiger partial charge < -0.3 is 14.4 Å². The number of benzene rings is 4. The predicted octanol–water partition coefficient (Wildman–Crippen LogP) is 11.4. The van der Waals surface area contributed by atoms with Gasteiger partial charge in [0.05, 0.1) is 0 Å². The number of fused-ring (bicyclic) bond motifs is 1. The Balaban J connectivity index is 0.000000295. The van der Waals surface area contributed by atoms with E-state index in [1.807, 2.05) is 87.5 Å². The van der Waals surface area contributed by atoms with Crippen LogP contribution >= 0.6 is 0 Å². The molecule has 7 rings (SSSR count). The minimum absolute atomic E-state index is 0. The number of furan rings is 1. The van der Waals surface area contributed by atoms with Crippen LogP contribution in [0.15, 0.2) is 126 Å². The predicted molar refractivity (Wildman–Crippen MR) is 191 cm³/mol. The molecule has 0 spiro atoms. The van der Waals surface area contributed by atoms with Crippen molar-refractivity contribution in [1.29, 1.82) is 0 Å². The Labute approximate surface area is 304 Å². The Kier molecular flexibility index (Phi) is 7.26. The Morgan fingerprint density at radius 3 is 2.19 bits per heavy atom. The largest absolute Gasteiger partial charge is 0.458 e. The summed E-state index contributed by atoms with van der Waals surface area (Å²) in [4.78, 5) is 8.59. The maximum absolute atomic E-state index is 8.24. The zero-order valence-electron chi connectivity index (χ0n) is 35.2. The third-order valence-corrected chi connectivity index (χ3v) is 7.62. The van der Waals surface area contributed by atoms with Crippen LogP contribution in [-0.4, -0.2) is 9.97 Å². The van der Waals surface area contributed by atoms with Gasteiger partial charge in [0, 0.05) is 50.2 Å². The molecule has 0 fully saturated rings. The van der Waals surface area contributed by atoms with Crippen molar-refractivity contribution in [3.05, 3.63) is 156 Å². The molecule has 0 saturated heterocycles. The zero-order valence-corrected chi connectivity index (χ0v) is 28.6. The Bertz CT molecular complexity index is 2400. The number of aryl methyl sites for hydroxylation is 3. The number of hydrogen-bond acceptors (Lipinski definition) is 3. The van der Waals surface area contributed by atoms with Crippen LogP contribution in [0, 0.1) is 32.7 Å². The summed E-state index contributed by atoms with van der Waals surface area (Å²) in [6, 6.07) is 39.1. The van der Waals surface area contributed by atoms with Gasteiger partial charge >= 0.3 is 0 Å². The van der Waals surface area contributed by atoms with Crippen molar-refractivity contribution < 1.29 is 36.9 Å². The maximum atomic E-state index is 8.24. The van der Waals surface area contributed by atoms with Crippen molar-refractivity contribution in [3.63, 3.8) is 0 Å². The Hall–Kier alpha value is -4.63. The molecule has 0 atom stereocenters. The number of rotatable bonds is 4. The van der Waals surface area contributed by atoms with E-state index < -0.39 is 20.6 Å². The van der Waals surface area contributed by atoms with Crippen molar-refractivity contribution >= 4 is 11.0 Å². The molecule has 0 unspecified atom stereocenters. The molecule has 0 aliphatic rings. The summed E-state index contributed by atoms with van der Waals surface area (Å²) in [5.74, 6) is 0.688. The standard InChI is InChI=1S/C31H28NO.C12H10N.Ir/c1-20-15-25(31(3,4)5)13-14-26(20)27-18-28(32-19-21(27)2)22-10-8-11-23(16-22)30-17-24-9-6-7-12-29(24)33-30;1-10-7-8-12(13-9-10)11-5-3-2-4-6-11;/h6-9,11-19H,1-5H3;2-5,7-9H,1H3;/q2*-1;/i1D3,2D3;1D3;. The van der Waals surface area contributed by atoms with Gasteiger partial charge in [-0.05, 0) is 82.9 Å². The van der Waals surface area contributed by atoms with E-state index >= 15 is 0 Å². The third kappa shape index (κ3) is 7.85.